The van der Waals surface area contributed by atoms with Crippen LogP contribution in [0.3, 0.4) is 0 Å². The second kappa shape index (κ2) is 5.10. The van der Waals surface area contributed by atoms with Crippen LogP contribution < -0.4 is 4.90 Å². The molecule has 0 saturated heterocycles. The maximum Gasteiger partial charge on any atom is 0.228 e. The number of benzene rings is 2. The smallest absolute Gasteiger partial charge is 0.228 e. The molecule has 19 heavy (non-hydrogen) atoms. The second-order valence-corrected chi connectivity index (χ2v) is 5.91. The predicted molar refractivity (Wildman–Crippen MR) is 79.5 cm³/mol. The molecule has 2 nitrogen and oxygen atoms in total. The molecule has 0 aromatic heterocycles. The molecule has 3 heteroatoms. The summed E-state index contributed by atoms with van der Waals surface area (Å²) in [5.41, 5.74) is 2.28. The number of carbonyl (C=O) groups is 1. The van der Waals surface area contributed by atoms with Gasteiger partial charge in [0, 0.05) is 29.3 Å². The first kappa shape index (κ1) is 12.3. The van der Waals surface area contributed by atoms with E-state index in [4.69, 9.17) is 0 Å². The van der Waals surface area contributed by atoms with Gasteiger partial charge in [0.1, 0.15) is 0 Å². The number of carbonyl (C=O) groups excluding carboxylic acids is 1. The number of hydrogen-bond acceptors (Lipinski definition) is 2. The fraction of sp³-hybridized carbons (Fsp3) is 0.188. The first-order valence-corrected chi connectivity index (χ1v) is 7.21. The summed E-state index contributed by atoms with van der Waals surface area (Å²) < 4.78 is 0. The molecule has 0 fully saturated rings. The molecule has 0 aliphatic carbocycles. The summed E-state index contributed by atoms with van der Waals surface area (Å²) in [6.45, 7) is 0. The molecule has 1 aliphatic heterocycles. The van der Waals surface area contributed by atoms with Gasteiger partial charge in [-0.05, 0) is 23.8 Å². The molecule has 0 radical (unpaired) electrons. The van der Waals surface area contributed by atoms with Gasteiger partial charge in [0.05, 0.1) is 0 Å². The van der Waals surface area contributed by atoms with Gasteiger partial charge in [0.25, 0.3) is 0 Å². The molecule has 2 aromatic rings. The molecule has 1 aliphatic rings. The summed E-state index contributed by atoms with van der Waals surface area (Å²) in [7, 11) is 1.85. The van der Waals surface area contributed by atoms with Gasteiger partial charge in [-0.1, -0.05) is 36.4 Å². The quantitative estimate of drug-likeness (QED) is 0.824. The normalized spacial score (nSPS) is 18.3. The van der Waals surface area contributed by atoms with Crippen molar-refractivity contribution < 1.29 is 4.79 Å². The predicted octanol–water partition coefficient (Wildman–Crippen LogP) is 3.89. The Balaban J connectivity index is 1.95. The highest BCUT2D eigenvalue weighted by molar-refractivity contribution is 7.99. The highest BCUT2D eigenvalue weighted by Crippen LogP contribution is 2.44. The fourth-order valence-corrected chi connectivity index (χ4v) is 3.57. The lowest BCUT2D eigenvalue weighted by atomic mass is 10.0. The van der Waals surface area contributed by atoms with Gasteiger partial charge in [-0.2, -0.15) is 0 Å². The molecule has 1 atom stereocenters. The highest BCUT2D eigenvalue weighted by atomic mass is 32.2. The monoisotopic (exact) mass is 269 g/mol. The number of nitrogens with zero attached hydrogens (tertiary/aromatic N) is 1. The molecule has 96 valence electrons. The Morgan fingerprint density at radius 1 is 1.05 bits per heavy atom. The van der Waals surface area contributed by atoms with Crippen molar-refractivity contribution in [1.29, 1.82) is 0 Å². The Morgan fingerprint density at radius 3 is 2.53 bits per heavy atom. The summed E-state index contributed by atoms with van der Waals surface area (Å²) in [5.74, 6) is 0.187. The Hall–Kier alpha value is -1.74. The Kier molecular flexibility index (Phi) is 3.30. The summed E-state index contributed by atoms with van der Waals surface area (Å²) in [6.07, 6.45) is 0.563. The van der Waals surface area contributed by atoms with Crippen LogP contribution in [0.4, 0.5) is 5.69 Å². The minimum atomic E-state index is 0.187. The molecular weight excluding hydrogens is 254 g/mol. The Morgan fingerprint density at radius 2 is 1.74 bits per heavy atom. The Labute approximate surface area is 117 Å². The summed E-state index contributed by atoms with van der Waals surface area (Å²) in [5, 5.41) is 0.210. The highest BCUT2D eigenvalue weighted by Gasteiger charge is 2.29. The molecule has 1 amide bonds. The average Bonchev–Trinajstić information content (AvgIpc) is 2.46. The molecular formula is C16H15NOS. The first-order valence-electron chi connectivity index (χ1n) is 6.33. The van der Waals surface area contributed by atoms with E-state index in [2.05, 4.69) is 18.2 Å². The molecule has 0 spiro atoms. The van der Waals surface area contributed by atoms with Crippen LogP contribution in [0.2, 0.25) is 0 Å². The van der Waals surface area contributed by atoms with Crippen molar-refractivity contribution in [3.05, 3.63) is 60.2 Å². The van der Waals surface area contributed by atoms with Crippen LogP contribution in [-0.4, -0.2) is 13.0 Å². The molecule has 0 saturated carbocycles. The van der Waals surface area contributed by atoms with E-state index in [9.17, 15) is 4.79 Å². The van der Waals surface area contributed by atoms with E-state index in [1.54, 1.807) is 16.7 Å². The van der Waals surface area contributed by atoms with Gasteiger partial charge in [-0.15, -0.1) is 11.8 Å². The van der Waals surface area contributed by atoms with Gasteiger partial charge < -0.3 is 4.90 Å². The summed E-state index contributed by atoms with van der Waals surface area (Å²) >= 11 is 1.77. The third-order valence-electron chi connectivity index (χ3n) is 3.40. The number of thioether (sulfide) groups is 1. The second-order valence-electron chi connectivity index (χ2n) is 4.64. The topological polar surface area (TPSA) is 20.3 Å². The van der Waals surface area contributed by atoms with Crippen LogP contribution in [0.25, 0.3) is 0 Å². The maximum absolute atomic E-state index is 12.1. The van der Waals surface area contributed by atoms with E-state index in [-0.39, 0.29) is 11.2 Å². The molecule has 0 bridgehead atoms. The van der Waals surface area contributed by atoms with Crippen molar-refractivity contribution in [2.75, 3.05) is 11.9 Å². The summed E-state index contributed by atoms with van der Waals surface area (Å²) in [4.78, 5) is 15.0. The third kappa shape index (κ3) is 2.38. The maximum atomic E-state index is 12.1. The number of rotatable bonds is 2. The van der Waals surface area contributed by atoms with Crippen molar-refractivity contribution in [3.63, 3.8) is 0 Å². The lowest BCUT2D eigenvalue weighted by molar-refractivity contribution is -0.118. The number of para-hydroxylation sites is 1. The van der Waals surface area contributed by atoms with Crippen LogP contribution in [0.1, 0.15) is 17.2 Å². The van der Waals surface area contributed by atoms with Crippen LogP contribution >= 0.6 is 11.8 Å². The fourth-order valence-electron chi connectivity index (χ4n) is 2.37. The van der Waals surface area contributed by atoms with Gasteiger partial charge >= 0.3 is 0 Å². The SMILES string of the molecule is CN1C(=O)CC(Sc2ccccc2)c2ccccc21. The lowest BCUT2D eigenvalue weighted by Crippen LogP contribution is -2.32. The van der Waals surface area contributed by atoms with Crippen molar-refractivity contribution in [3.8, 4) is 0 Å². The molecule has 0 N–H and O–H groups in total. The van der Waals surface area contributed by atoms with E-state index in [1.165, 1.54) is 10.5 Å². The molecule has 2 aromatic carbocycles. The third-order valence-corrected chi connectivity index (χ3v) is 4.65. The number of anilines is 1. The largest absolute Gasteiger partial charge is 0.315 e. The minimum absolute atomic E-state index is 0.187. The molecule has 3 rings (SSSR count). The van der Waals surface area contributed by atoms with E-state index < -0.39 is 0 Å². The van der Waals surface area contributed by atoms with Gasteiger partial charge in [-0.3, -0.25) is 4.79 Å². The molecule has 1 unspecified atom stereocenters. The van der Waals surface area contributed by atoms with Crippen LogP contribution in [-0.2, 0) is 4.79 Å². The van der Waals surface area contributed by atoms with Crippen molar-refractivity contribution in [2.45, 2.75) is 16.6 Å². The molecule has 1 heterocycles. The van der Waals surface area contributed by atoms with Crippen molar-refractivity contribution in [2.24, 2.45) is 0 Å². The number of fused-ring (bicyclic) bond motifs is 1. The lowest BCUT2D eigenvalue weighted by Gasteiger charge is -2.31. The van der Waals surface area contributed by atoms with Gasteiger partial charge in [-0.25, -0.2) is 0 Å². The van der Waals surface area contributed by atoms with E-state index in [1.807, 2.05) is 43.4 Å². The zero-order chi connectivity index (χ0) is 13.2. The zero-order valence-corrected chi connectivity index (χ0v) is 11.6. The van der Waals surface area contributed by atoms with Gasteiger partial charge in [0.15, 0.2) is 0 Å². The van der Waals surface area contributed by atoms with Crippen molar-refractivity contribution >= 4 is 23.4 Å². The number of amides is 1. The van der Waals surface area contributed by atoms with E-state index in [0.29, 0.717) is 6.42 Å². The standard InChI is InChI=1S/C16H15NOS/c1-17-14-10-6-5-9-13(14)15(11-16(17)18)19-12-7-3-2-4-8-12/h2-10,15H,11H2,1H3. The van der Waals surface area contributed by atoms with Crippen LogP contribution in [0, 0.1) is 0 Å². The van der Waals surface area contributed by atoms with Crippen molar-refractivity contribution in [1.82, 2.24) is 0 Å². The first-order chi connectivity index (χ1) is 9.25. The van der Waals surface area contributed by atoms with Gasteiger partial charge in [0.2, 0.25) is 5.91 Å². The van der Waals surface area contributed by atoms with Crippen LogP contribution in [0.5, 0.6) is 0 Å². The zero-order valence-electron chi connectivity index (χ0n) is 10.7. The minimum Gasteiger partial charge on any atom is -0.315 e. The van der Waals surface area contributed by atoms with Crippen LogP contribution in [0.15, 0.2) is 59.5 Å². The average molecular weight is 269 g/mol. The van der Waals surface area contributed by atoms with E-state index in [0.717, 1.165) is 5.69 Å². The Bertz CT molecular complexity index is 597. The summed E-state index contributed by atoms with van der Waals surface area (Å²) in [6, 6.07) is 18.4. The number of hydrogen-bond donors (Lipinski definition) is 0. The van der Waals surface area contributed by atoms with E-state index >= 15 is 0 Å².